The SMILES string of the molecule is C=CCn1c(O)c(N=NC(=O)c2ccccc2OC)c2ccccc21. The van der Waals surface area contributed by atoms with Crippen LogP contribution in [0.3, 0.4) is 0 Å². The third-order valence-corrected chi connectivity index (χ3v) is 3.81. The maximum absolute atomic E-state index is 12.3. The van der Waals surface area contributed by atoms with Crippen LogP contribution in [-0.2, 0) is 6.54 Å². The minimum absolute atomic E-state index is 0.0577. The Labute approximate surface area is 144 Å². The van der Waals surface area contributed by atoms with Crippen LogP contribution in [0.1, 0.15) is 10.4 Å². The number of ether oxygens (including phenoxy) is 1. The molecule has 3 aromatic rings. The molecule has 0 saturated heterocycles. The second kappa shape index (κ2) is 7.00. The number of rotatable bonds is 5. The van der Waals surface area contributed by atoms with Crippen molar-refractivity contribution < 1.29 is 14.6 Å². The van der Waals surface area contributed by atoms with Crippen LogP contribution in [0.5, 0.6) is 11.6 Å². The molecule has 0 radical (unpaired) electrons. The fourth-order valence-electron chi connectivity index (χ4n) is 2.65. The highest BCUT2D eigenvalue weighted by molar-refractivity contribution is 5.98. The minimum atomic E-state index is -0.544. The van der Waals surface area contributed by atoms with Crippen molar-refractivity contribution in [1.29, 1.82) is 0 Å². The molecule has 0 fully saturated rings. The first-order valence-corrected chi connectivity index (χ1v) is 7.67. The van der Waals surface area contributed by atoms with Crippen LogP contribution in [0, 0.1) is 0 Å². The van der Waals surface area contributed by atoms with Crippen LogP contribution in [0.25, 0.3) is 10.9 Å². The van der Waals surface area contributed by atoms with Gasteiger partial charge >= 0.3 is 0 Å². The van der Waals surface area contributed by atoms with E-state index in [4.69, 9.17) is 4.74 Å². The number of para-hydroxylation sites is 2. The topological polar surface area (TPSA) is 76.2 Å². The lowest BCUT2D eigenvalue weighted by Crippen LogP contribution is -1.97. The normalized spacial score (nSPS) is 11.1. The Hall–Kier alpha value is -3.41. The molecule has 0 aliphatic heterocycles. The Morgan fingerprint density at radius 3 is 2.72 bits per heavy atom. The maximum atomic E-state index is 12.3. The number of aromatic hydroxyl groups is 1. The maximum Gasteiger partial charge on any atom is 0.299 e. The summed E-state index contributed by atoms with van der Waals surface area (Å²) in [5.41, 5.74) is 1.35. The van der Waals surface area contributed by atoms with Crippen molar-refractivity contribution >= 4 is 22.5 Å². The Kier molecular flexibility index (Phi) is 4.61. The number of carbonyl (C=O) groups is 1. The van der Waals surface area contributed by atoms with Gasteiger partial charge in [0.25, 0.3) is 5.91 Å². The monoisotopic (exact) mass is 335 g/mol. The standard InChI is InChI=1S/C19H17N3O3/c1-3-12-22-15-10-6-4-8-13(15)17(19(22)24)20-21-18(23)14-9-5-7-11-16(14)25-2/h3-11,24H,1,12H2,2H3. The number of hydrogen-bond donors (Lipinski definition) is 1. The predicted octanol–water partition coefficient (Wildman–Crippen LogP) is 4.47. The summed E-state index contributed by atoms with van der Waals surface area (Å²) < 4.78 is 6.82. The summed E-state index contributed by atoms with van der Waals surface area (Å²) in [6.07, 6.45) is 1.67. The molecular formula is C19H17N3O3. The molecule has 0 atom stereocenters. The van der Waals surface area contributed by atoms with Gasteiger partial charge in [-0.15, -0.1) is 16.8 Å². The van der Waals surface area contributed by atoms with Crippen LogP contribution < -0.4 is 4.74 Å². The average molecular weight is 335 g/mol. The molecule has 0 saturated carbocycles. The summed E-state index contributed by atoms with van der Waals surface area (Å²) in [6.45, 7) is 4.11. The van der Waals surface area contributed by atoms with E-state index >= 15 is 0 Å². The number of nitrogens with zero attached hydrogens (tertiary/aromatic N) is 3. The zero-order valence-corrected chi connectivity index (χ0v) is 13.7. The van der Waals surface area contributed by atoms with Gasteiger partial charge in [0.2, 0.25) is 5.88 Å². The van der Waals surface area contributed by atoms with Gasteiger partial charge < -0.3 is 14.4 Å². The van der Waals surface area contributed by atoms with Crippen molar-refractivity contribution in [3.05, 3.63) is 66.7 Å². The van der Waals surface area contributed by atoms with E-state index in [1.807, 2.05) is 24.3 Å². The number of methoxy groups -OCH3 is 1. The number of amides is 1. The molecule has 6 nitrogen and oxygen atoms in total. The molecule has 0 spiro atoms. The Balaban J connectivity index is 2.03. The quantitative estimate of drug-likeness (QED) is 0.552. The smallest absolute Gasteiger partial charge is 0.299 e. The second-order valence-corrected chi connectivity index (χ2v) is 5.29. The molecule has 1 amide bonds. The summed E-state index contributed by atoms with van der Waals surface area (Å²) >= 11 is 0. The van der Waals surface area contributed by atoms with Gasteiger partial charge in [0.1, 0.15) is 5.75 Å². The van der Waals surface area contributed by atoms with Gasteiger partial charge in [-0.05, 0) is 18.2 Å². The highest BCUT2D eigenvalue weighted by Crippen LogP contribution is 2.38. The molecule has 1 N–H and O–H groups in total. The number of fused-ring (bicyclic) bond motifs is 1. The van der Waals surface area contributed by atoms with Crippen molar-refractivity contribution in [2.45, 2.75) is 6.54 Å². The van der Waals surface area contributed by atoms with Crippen LogP contribution in [-0.4, -0.2) is 22.7 Å². The predicted molar refractivity (Wildman–Crippen MR) is 95.6 cm³/mol. The zero-order chi connectivity index (χ0) is 17.8. The number of hydrogen-bond acceptors (Lipinski definition) is 4. The first-order valence-electron chi connectivity index (χ1n) is 7.67. The first kappa shape index (κ1) is 16.4. The van der Waals surface area contributed by atoms with Crippen LogP contribution >= 0.6 is 0 Å². The summed E-state index contributed by atoms with van der Waals surface area (Å²) in [4.78, 5) is 12.3. The van der Waals surface area contributed by atoms with Gasteiger partial charge in [-0.25, -0.2) is 0 Å². The number of carbonyl (C=O) groups excluding carboxylic acids is 1. The van der Waals surface area contributed by atoms with Gasteiger partial charge in [0, 0.05) is 11.9 Å². The number of azo groups is 1. The van der Waals surface area contributed by atoms with Gasteiger partial charge in [0.05, 0.1) is 18.2 Å². The molecule has 25 heavy (non-hydrogen) atoms. The largest absolute Gasteiger partial charge is 0.496 e. The van der Waals surface area contributed by atoms with E-state index in [-0.39, 0.29) is 11.6 Å². The Morgan fingerprint density at radius 1 is 1.24 bits per heavy atom. The Morgan fingerprint density at radius 2 is 1.96 bits per heavy atom. The molecule has 0 aliphatic rings. The van der Waals surface area contributed by atoms with Crippen molar-refractivity contribution in [3.63, 3.8) is 0 Å². The van der Waals surface area contributed by atoms with E-state index < -0.39 is 5.91 Å². The van der Waals surface area contributed by atoms with Crippen LogP contribution in [0.15, 0.2) is 71.4 Å². The lowest BCUT2D eigenvalue weighted by Gasteiger charge is -2.03. The fourth-order valence-corrected chi connectivity index (χ4v) is 2.65. The average Bonchev–Trinajstić information content (AvgIpc) is 2.92. The van der Waals surface area contributed by atoms with Crippen molar-refractivity contribution in [2.75, 3.05) is 7.11 Å². The highest BCUT2D eigenvalue weighted by atomic mass is 16.5. The molecule has 126 valence electrons. The van der Waals surface area contributed by atoms with E-state index in [1.165, 1.54) is 7.11 Å². The highest BCUT2D eigenvalue weighted by Gasteiger charge is 2.17. The van der Waals surface area contributed by atoms with Crippen LogP contribution in [0.2, 0.25) is 0 Å². The van der Waals surface area contributed by atoms with E-state index in [1.54, 1.807) is 34.9 Å². The third kappa shape index (κ3) is 3.01. The summed E-state index contributed by atoms with van der Waals surface area (Å²) in [6, 6.07) is 14.1. The first-order chi connectivity index (χ1) is 12.2. The zero-order valence-electron chi connectivity index (χ0n) is 13.7. The third-order valence-electron chi connectivity index (χ3n) is 3.81. The summed E-state index contributed by atoms with van der Waals surface area (Å²) in [7, 11) is 1.48. The van der Waals surface area contributed by atoms with Gasteiger partial charge in [-0.3, -0.25) is 4.79 Å². The molecule has 0 bridgehead atoms. The van der Waals surface area contributed by atoms with E-state index in [0.717, 1.165) is 5.52 Å². The van der Waals surface area contributed by atoms with Gasteiger partial charge in [-0.1, -0.05) is 36.4 Å². The second-order valence-electron chi connectivity index (χ2n) is 5.29. The molecule has 0 unspecified atom stereocenters. The molecule has 6 heteroatoms. The lowest BCUT2D eigenvalue weighted by molar-refractivity contribution is 0.0992. The van der Waals surface area contributed by atoms with Crippen molar-refractivity contribution in [3.8, 4) is 11.6 Å². The Bertz CT molecular complexity index is 973. The number of allylic oxidation sites excluding steroid dienone is 1. The molecular weight excluding hydrogens is 318 g/mol. The van der Waals surface area contributed by atoms with Gasteiger partial charge in [-0.2, -0.15) is 0 Å². The molecule has 3 rings (SSSR count). The lowest BCUT2D eigenvalue weighted by atomic mass is 10.2. The molecule has 1 aromatic heterocycles. The fraction of sp³-hybridized carbons (Fsp3) is 0.105. The van der Waals surface area contributed by atoms with Gasteiger partial charge in [0.15, 0.2) is 5.69 Å². The number of aromatic nitrogens is 1. The van der Waals surface area contributed by atoms with Crippen molar-refractivity contribution in [2.24, 2.45) is 10.2 Å². The van der Waals surface area contributed by atoms with Crippen LogP contribution in [0.4, 0.5) is 5.69 Å². The van der Waals surface area contributed by atoms with Crippen molar-refractivity contribution in [1.82, 2.24) is 4.57 Å². The van der Waals surface area contributed by atoms with E-state index in [9.17, 15) is 9.90 Å². The molecule has 2 aromatic carbocycles. The minimum Gasteiger partial charge on any atom is -0.496 e. The summed E-state index contributed by atoms with van der Waals surface area (Å²) in [5, 5.41) is 18.9. The molecule has 1 heterocycles. The van der Waals surface area contributed by atoms with E-state index in [2.05, 4.69) is 16.8 Å². The number of benzene rings is 2. The summed E-state index contributed by atoms with van der Waals surface area (Å²) in [5.74, 6) is -0.181. The van der Waals surface area contributed by atoms with E-state index in [0.29, 0.717) is 23.2 Å². The molecule has 0 aliphatic carbocycles.